The number of halogens is 1. The lowest BCUT2D eigenvalue weighted by atomic mass is 10.3. The predicted octanol–water partition coefficient (Wildman–Crippen LogP) is 2.20. The van der Waals surface area contributed by atoms with E-state index in [0.717, 1.165) is 30.9 Å². The van der Waals surface area contributed by atoms with Crippen LogP contribution in [-0.4, -0.2) is 50.3 Å². The van der Waals surface area contributed by atoms with Crippen LogP contribution in [0.5, 0.6) is 0 Å². The lowest BCUT2D eigenvalue weighted by Crippen LogP contribution is -2.48. The lowest BCUT2D eigenvalue weighted by molar-refractivity contribution is 0.188. The van der Waals surface area contributed by atoms with Crippen LogP contribution in [0, 0.1) is 0 Å². The Kier molecular flexibility index (Phi) is 5.25. The molecule has 0 spiro atoms. The van der Waals surface area contributed by atoms with Crippen molar-refractivity contribution in [3.05, 3.63) is 16.3 Å². The largest absolute Gasteiger partial charge is 0.301 e. The molecule has 0 unspecified atom stereocenters. The van der Waals surface area contributed by atoms with Crippen LogP contribution >= 0.6 is 22.9 Å². The Hall–Kier alpha value is -0.140. The summed E-state index contributed by atoms with van der Waals surface area (Å²) >= 11 is 7.20. The molecule has 1 aliphatic heterocycles. The molecule has 4 nitrogen and oxygen atoms in total. The van der Waals surface area contributed by atoms with E-state index in [2.05, 4.69) is 11.8 Å². The molecule has 0 N–H and O–H groups in total. The first kappa shape index (κ1) is 15.3. The summed E-state index contributed by atoms with van der Waals surface area (Å²) in [5.41, 5.74) is 0. The zero-order chi connectivity index (χ0) is 13.9. The van der Waals surface area contributed by atoms with Crippen molar-refractivity contribution in [2.24, 2.45) is 0 Å². The summed E-state index contributed by atoms with van der Waals surface area (Å²) in [5, 5.41) is 1.79. The summed E-state index contributed by atoms with van der Waals surface area (Å²) in [6.07, 6.45) is 1.10. The van der Waals surface area contributed by atoms with E-state index in [4.69, 9.17) is 11.6 Å². The molecule has 0 aromatic carbocycles. The fourth-order valence-corrected chi connectivity index (χ4v) is 5.40. The predicted molar refractivity (Wildman–Crippen MR) is 79.4 cm³/mol. The van der Waals surface area contributed by atoms with E-state index in [1.54, 1.807) is 15.8 Å². The van der Waals surface area contributed by atoms with Crippen molar-refractivity contribution < 1.29 is 8.42 Å². The number of rotatable bonds is 5. The van der Waals surface area contributed by atoms with Crippen molar-refractivity contribution in [3.63, 3.8) is 0 Å². The molecule has 0 aliphatic carbocycles. The minimum atomic E-state index is -3.37. The normalized spacial score (nSPS) is 18.8. The van der Waals surface area contributed by atoms with E-state index in [-0.39, 0.29) is 5.88 Å². The summed E-state index contributed by atoms with van der Waals surface area (Å²) in [7, 11) is -3.37. The van der Waals surface area contributed by atoms with E-state index in [1.807, 2.05) is 0 Å². The van der Waals surface area contributed by atoms with E-state index >= 15 is 0 Å². The van der Waals surface area contributed by atoms with Gasteiger partial charge < -0.3 is 4.90 Å². The Morgan fingerprint density at radius 1 is 1.32 bits per heavy atom. The number of nitrogens with zero attached hydrogens (tertiary/aromatic N) is 2. The number of hydrogen-bond donors (Lipinski definition) is 0. The van der Waals surface area contributed by atoms with Crippen LogP contribution in [0.4, 0.5) is 0 Å². The van der Waals surface area contributed by atoms with Crippen LogP contribution in [0.25, 0.3) is 0 Å². The monoisotopic (exact) mass is 322 g/mol. The molecule has 1 saturated heterocycles. The first-order chi connectivity index (χ1) is 9.09. The number of hydrogen-bond acceptors (Lipinski definition) is 4. The Bertz CT molecular complexity index is 508. The average Bonchev–Trinajstić information content (AvgIpc) is 2.89. The van der Waals surface area contributed by atoms with E-state index in [9.17, 15) is 8.42 Å². The number of alkyl halides is 1. The molecular formula is C12H19ClN2O2S2. The van der Waals surface area contributed by atoms with Crippen LogP contribution < -0.4 is 0 Å². The highest BCUT2D eigenvalue weighted by molar-refractivity contribution is 7.89. The highest BCUT2D eigenvalue weighted by atomic mass is 35.5. The third-order valence-electron chi connectivity index (χ3n) is 3.31. The third kappa shape index (κ3) is 3.31. The topological polar surface area (TPSA) is 40.6 Å². The lowest BCUT2D eigenvalue weighted by Gasteiger charge is -2.33. The van der Waals surface area contributed by atoms with Gasteiger partial charge in [-0.25, -0.2) is 8.42 Å². The van der Waals surface area contributed by atoms with Crippen molar-refractivity contribution in [1.82, 2.24) is 9.21 Å². The van der Waals surface area contributed by atoms with E-state index < -0.39 is 10.0 Å². The van der Waals surface area contributed by atoms with Crippen LogP contribution in [-0.2, 0) is 15.9 Å². The zero-order valence-electron chi connectivity index (χ0n) is 11.0. The van der Waals surface area contributed by atoms with Gasteiger partial charge in [0, 0.05) is 31.1 Å². The second kappa shape index (κ2) is 6.54. The smallest absolute Gasteiger partial charge is 0.244 e. The van der Waals surface area contributed by atoms with Crippen molar-refractivity contribution in [1.29, 1.82) is 0 Å². The minimum absolute atomic E-state index is 0.252. The van der Waals surface area contributed by atoms with Gasteiger partial charge in [0.15, 0.2) is 0 Å². The number of thiophene rings is 1. The van der Waals surface area contributed by atoms with Gasteiger partial charge in [0.2, 0.25) is 10.0 Å². The number of piperazine rings is 1. The van der Waals surface area contributed by atoms with Gasteiger partial charge in [-0.2, -0.15) is 4.31 Å². The second-order valence-corrected chi connectivity index (χ2v) is 7.76. The quantitative estimate of drug-likeness (QED) is 0.780. The van der Waals surface area contributed by atoms with Gasteiger partial charge >= 0.3 is 0 Å². The van der Waals surface area contributed by atoms with Gasteiger partial charge in [-0.05, 0) is 24.4 Å². The summed E-state index contributed by atoms with van der Waals surface area (Å²) in [6.45, 7) is 5.95. The Morgan fingerprint density at radius 2 is 2.00 bits per heavy atom. The Balaban J connectivity index is 2.10. The van der Waals surface area contributed by atoms with E-state index in [1.165, 1.54) is 11.3 Å². The molecule has 7 heteroatoms. The Morgan fingerprint density at radius 3 is 2.58 bits per heavy atom. The van der Waals surface area contributed by atoms with Gasteiger partial charge in [-0.1, -0.05) is 6.92 Å². The fourth-order valence-electron chi connectivity index (χ4n) is 2.30. The zero-order valence-corrected chi connectivity index (χ0v) is 13.4. The van der Waals surface area contributed by atoms with Crippen LogP contribution in [0.3, 0.4) is 0 Å². The van der Waals surface area contributed by atoms with Gasteiger partial charge in [-0.15, -0.1) is 22.9 Å². The average molecular weight is 323 g/mol. The van der Waals surface area contributed by atoms with Crippen LogP contribution in [0.15, 0.2) is 16.3 Å². The summed E-state index contributed by atoms with van der Waals surface area (Å²) in [5.74, 6) is 0.252. The maximum atomic E-state index is 12.5. The molecule has 0 amide bonds. The van der Waals surface area contributed by atoms with Gasteiger partial charge in [-0.3, -0.25) is 0 Å². The maximum absolute atomic E-state index is 12.5. The molecule has 2 rings (SSSR count). The molecule has 0 bridgehead atoms. The highest BCUT2D eigenvalue weighted by Gasteiger charge is 2.30. The maximum Gasteiger partial charge on any atom is 0.244 e. The first-order valence-electron chi connectivity index (χ1n) is 6.44. The molecule has 0 atom stereocenters. The molecule has 19 heavy (non-hydrogen) atoms. The second-order valence-electron chi connectivity index (χ2n) is 4.59. The molecule has 108 valence electrons. The van der Waals surface area contributed by atoms with Crippen molar-refractivity contribution in [2.75, 3.05) is 32.7 Å². The minimum Gasteiger partial charge on any atom is -0.301 e. The van der Waals surface area contributed by atoms with Gasteiger partial charge in [0.1, 0.15) is 0 Å². The summed E-state index contributed by atoms with van der Waals surface area (Å²) < 4.78 is 26.7. The van der Waals surface area contributed by atoms with Gasteiger partial charge in [0.25, 0.3) is 0 Å². The van der Waals surface area contributed by atoms with Gasteiger partial charge in [0.05, 0.1) is 10.8 Å². The standard InChI is InChI=1S/C12H19ClN2O2S2/c1-2-4-14-5-7-15(8-6-14)19(16,17)12-3-9-18-11(12)10-13/h3,9H,2,4-8,10H2,1H3. The molecule has 1 fully saturated rings. The number of sulfonamides is 1. The molecule has 1 aromatic heterocycles. The molecule has 1 aromatic rings. The third-order valence-corrected chi connectivity index (χ3v) is 6.77. The van der Waals surface area contributed by atoms with E-state index in [0.29, 0.717) is 18.0 Å². The van der Waals surface area contributed by atoms with Crippen molar-refractivity contribution >= 4 is 33.0 Å². The SMILES string of the molecule is CCCN1CCN(S(=O)(=O)c2ccsc2CCl)CC1. The fraction of sp³-hybridized carbons (Fsp3) is 0.667. The molecule has 2 heterocycles. The molecule has 1 aliphatic rings. The van der Waals surface area contributed by atoms with Crippen molar-refractivity contribution in [2.45, 2.75) is 24.1 Å². The molecular weight excluding hydrogens is 304 g/mol. The summed E-state index contributed by atoms with van der Waals surface area (Å²) in [4.78, 5) is 3.43. The van der Waals surface area contributed by atoms with Crippen LogP contribution in [0.2, 0.25) is 0 Å². The molecule has 0 saturated carbocycles. The highest BCUT2D eigenvalue weighted by Crippen LogP contribution is 2.27. The summed E-state index contributed by atoms with van der Waals surface area (Å²) in [6, 6.07) is 1.66. The van der Waals surface area contributed by atoms with Crippen molar-refractivity contribution in [3.8, 4) is 0 Å². The first-order valence-corrected chi connectivity index (χ1v) is 9.30. The van der Waals surface area contributed by atoms with Crippen LogP contribution in [0.1, 0.15) is 18.2 Å². The molecule has 0 radical (unpaired) electrons. The Labute approximate surface area is 124 Å².